The van der Waals surface area contributed by atoms with E-state index in [1.54, 1.807) is 0 Å². The summed E-state index contributed by atoms with van der Waals surface area (Å²) >= 11 is 0. The zero-order valence-corrected chi connectivity index (χ0v) is 23.6. The molecule has 0 fully saturated rings. The molecular formula is C31H63NO. The van der Waals surface area contributed by atoms with Gasteiger partial charge in [-0.3, -0.25) is 4.79 Å². The maximum atomic E-state index is 12.1. The first-order chi connectivity index (χ1) is 16.1. The van der Waals surface area contributed by atoms with E-state index in [4.69, 9.17) is 0 Å². The van der Waals surface area contributed by atoms with Crippen LogP contribution in [0.25, 0.3) is 0 Å². The molecule has 0 radical (unpaired) electrons. The van der Waals surface area contributed by atoms with Crippen LogP contribution in [0.15, 0.2) is 0 Å². The molecule has 0 aliphatic carbocycles. The monoisotopic (exact) mass is 465 g/mol. The number of hydrogen-bond acceptors (Lipinski definition) is 2. The quantitative estimate of drug-likeness (QED) is 0.112. The lowest BCUT2D eigenvalue weighted by atomic mass is 10.0. The zero-order valence-electron chi connectivity index (χ0n) is 23.6. The van der Waals surface area contributed by atoms with Gasteiger partial charge in [-0.25, -0.2) is 0 Å². The van der Waals surface area contributed by atoms with Crippen molar-refractivity contribution in [3.63, 3.8) is 0 Å². The summed E-state index contributed by atoms with van der Waals surface area (Å²) in [5.41, 5.74) is 0. The second kappa shape index (κ2) is 26.2. The van der Waals surface area contributed by atoms with Crippen LogP contribution in [0, 0.1) is 5.92 Å². The van der Waals surface area contributed by atoms with Gasteiger partial charge in [0.15, 0.2) is 0 Å². The molecule has 0 saturated heterocycles. The molecule has 0 saturated carbocycles. The Kier molecular flexibility index (Phi) is 25.9. The lowest BCUT2D eigenvalue weighted by Crippen LogP contribution is -2.30. The maximum Gasteiger partial charge on any atom is 0.132 e. The fraction of sp³-hybridized carbons (Fsp3) is 0.968. The summed E-state index contributed by atoms with van der Waals surface area (Å²) < 4.78 is 0. The Labute approximate surface area is 210 Å². The third-order valence-electron chi connectivity index (χ3n) is 7.33. The molecule has 0 spiro atoms. The molecule has 198 valence electrons. The predicted molar refractivity (Wildman–Crippen MR) is 149 cm³/mol. The molecule has 0 aliphatic rings. The minimum atomic E-state index is 0.514. The van der Waals surface area contributed by atoms with Gasteiger partial charge in [0.05, 0.1) is 0 Å². The van der Waals surface area contributed by atoms with Crippen molar-refractivity contribution in [3.8, 4) is 0 Å². The molecule has 0 aliphatic heterocycles. The fourth-order valence-corrected chi connectivity index (χ4v) is 4.75. The SMILES string of the molecule is CCCCCCCCCCC(=O)CCCCCCCN(CCCCCCCC)CC(C)CC. The number of carbonyl (C=O) groups excluding carboxylic acids is 1. The molecule has 2 nitrogen and oxygen atoms in total. The summed E-state index contributed by atoms with van der Waals surface area (Å²) in [7, 11) is 0. The van der Waals surface area contributed by atoms with Gasteiger partial charge in [0, 0.05) is 19.4 Å². The highest BCUT2D eigenvalue weighted by Gasteiger charge is 2.09. The van der Waals surface area contributed by atoms with E-state index in [9.17, 15) is 4.79 Å². The van der Waals surface area contributed by atoms with E-state index in [0.29, 0.717) is 5.78 Å². The molecule has 0 heterocycles. The third kappa shape index (κ3) is 24.6. The Morgan fingerprint density at radius 2 is 0.909 bits per heavy atom. The molecule has 0 aromatic heterocycles. The average molecular weight is 466 g/mol. The summed E-state index contributed by atoms with van der Waals surface area (Å²) in [6.07, 6.45) is 28.2. The van der Waals surface area contributed by atoms with E-state index in [2.05, 4.69) is 32.6 Å². The van der Waals surface area contributed by atoms with Crippen molar-refractivity contribution in [1.29, 1.82) is 0 Å². The summed E-state index contributed by atoms with van der Waals surface area (Å²) in [6, 6.07) is 0. The summed E-state index contributed by atoms with van der Waals surface area (Å²) in [5.74, 6) is 1.33. The minimum absolute atomic E-state index is 0.514. The van der Waals surface area contributed by atoms with Crippen LogP contribution in [0.5, 0.6) is 0 Å². The number of Topliss-reactive ketones (excluding diaryl/α,β-unsaturated/α-hetero) is 1. The lowest BCUT2D eigenvalue weighted by Gasteiger charge is -2.25. The molecule has 0 N–H and O–H groups in total. The Bertz CT molecular complexity index is 394. The summed E-state index contributed by atoms with van der Waals surface area (Å²) in [6.45, 7) is 13.1. The van der Waals surface area contributed by atoms with Gasteiger partial charge in [-0.05, 0) is 44.7 Å². The molecule has 1 atom stereocenters. The number of rotatable bonds is 27. The molecule has 0 bridgehead atoms. The highest BCUT2D eigenvalue weighted by molar-refractivity contribution is 5.78. The van der Waals surface area contributed by atoms with Crippen molar-refractivity contribution in [2.75, 3.05) is 19.6 Å². The van der Waals surface area contributed by atoms with Gasteiger partial charge in [0.2, 0.25) is 0 Å². The van der Waals surface area contributed by atoms with Gasteiger partial charge in [0.1, 0.15) is 5.78 Å². The van der Waals surface area contributed by atoms with Crippen LogP contribution < -0.4 is 0 Å². The fourth-order valence-electron chi connectivity index (χ4n) is 4.75. The van der Waals surface area contributed by atoms with Gasteiger partial charge in [-0.1, -0.05) is 130 Å². The second-order valence-electron chi connectivity index (χ2n) is 10.9. The molecule has 2 heteroatoms. The van der Waals surface area contributed by atoms with Gasteiger partial charge in [-0.2, -0.15) is 0 Å². The van der Waals surface area contributed by atoms with Crippen LogP contribution in [0.4, 0.5) is 0 Å². The van der Waals surface area contributed by atoms with Crippen LogP contribution in [0.3, 0.4) is 0 Å². The van der Waals surface area contributed by atoms with Crippen molar-refractivity contribution in [2.45, 2.75) is 169 Å². The number of ketones is 1. The van der Waals surface area contributed by atoms with E-state index < -0.39 is 0 Å². The smallest absolute Gasteiger partial charge is 0.132 e. The lowest BCUT2D eigenvalue weighted by molar-refractivity contribution is -0.119. The van der Waals surface area contributed by atoms with Crippen LogP contribution in [-0.2, 0) is 4.79 Å². The van der Waals surface area contributed by atoms with Crippen molar-refractivity contribution in [3.05, 3.63) is 0 Å². The minimum Gasteiger partial charge on any atom is -0.303 e. The van der Waals surface area contributed by atoms with Crippen LogP contribution in [0.2, 0.25) is 0 Å². The number of hydrogen-bond donors (Lipinski definition) is 0. The van der Waals surface area contributed by atoms with E-state index in [1.807, 2.05) is 0 Å². The van der Waals surface area contributed by atoms with Crippen molar-refractivity contribution in [1.82, 2.24) is 4.90 Å². The molecule has 0 rings (SSSR count). The van der Waals surface area contributed by atoms with Crippen molar-refractivity contribution < 1.29 is 4.79 Å². The van der Waals surface area contributed by atoms with Crippen LogP contribution in [0.1, 0.15) is 169 Å². The molecule has 33 heavy (non-hydrogen) atoms. The Morgan fingerprint density at radius 1 is 0.545 bits per heavy atom. The first-order valence-electron chi connectivity index (χ1n) is 15.4. The highest BCUT2D eigenvalue weighted by atomic mass is 16.1. The summed E-state index contributed by atoms with van der Waals surface area (Å²) in [5, 5.41) is 0. The van der Waals surface area contributed by atoms with Crippen molar-refractivity contribution >= 4 is 5.78 Å². The van der Waals surface area contributed by atoms with E-state index >= 15 is 0 Å². The first-order valence-corrected chi connectivity index (χ1v) is 15.4. The molecule has 0 aromatic carbocycles. The van der Waals surface area contributed by atoms with E-state index in [1.165, 1.54) is 135 Å². The second-order valence-corrected chi connectivity index (χ2v) is 10.9. The van der Waals surface area contributed by atoms with Crippen LogP contribution in [-0.4, -0.2) is 30.3 Å². The number of nitrogens with zero attached hydrogens (tertiary/aromatic N) is 1. The van der Waals surface area contributed by atoms with E-state index in [-0.39, 0.29) is 0 Å². The average Bonchev–Trinajstić information content (AvgIpc) is 2.81. The molecule has 0 amide bonds. The Morgan fingerprint density at radius 3 is 1.30 bits per heavy atom. The van der Waals surface area contributed by atoms with Crippen molar-refractivity contribution in [2.24, 2.45) is 5.92 Å². The van der Waals surface area contributed by atoms with Gasteiger partial charge >= 0.3 is 0 Å². The number of carbonyl (C=O) groups is 1. The highest BCUT2D eigenvalue weighted by Crippen LogP contribution is 2.14. The maximum absolute atomic E-state index is 12.1. The Balaban J connectivity index is 3.66. The Hall–Kier alpha value is -0.370. The normalized spacial score (nSPS) is 12.5. The zero-order chi connectivity index (χ0) is 24.4. The first kappa shape index (κ1) is 32.6. The topological polar surface area (TPSA) is 20.3 Å². The van der Waals surface area contributed by atoms with Gasteiger partial charge in [0.25, 0.3) is 0 Å². The van der Waals surface area contributed by atoms with Gasteiger partial charge < -0.3 is 4.90 Å². The number of unbranched alkanes of at least 4 members (excludes halogenated alkanes) is 16. The summed E-state index contributed by atoms with van der Waals surface area (Å²) in [4.78, 5) is 14.8. The van der Waals surface area contributed by atoms with Crippen LogP contribution >= 0.6 is 0 Å². The molecular weight excluding hydrogens is 402 g/mol. The largest absolute Gasteiger partial charge is 0.303 e. The molecule has 1 unspecified atom stereocenters. The van der Waals surface area contributed by atoms with Gasteiger partial charge in [-0.15, -0.1) is 0 Å². The third-order valence-corrected chi connectivity index (χ3v) is 7.33. The standard InChI is InChI=1S/C31H63NO/c1-5-8-10-12-14-15-17-21-25-31(33)26-22-18-16-20-24-28-32(29-30(4)7-3)27-23-19-13-11-9-6-2/h30H,5-29H2,1-4H3. The predicted octanol–water partition coefficient (Wildman–Crippen LogP) is 10.1. The van der Waals surface area contributed by atoms with E-state index in [0.717, 1.165) is 31.6 Å². The molecule has 0 aromatic rings.